The van der Waals surface area contributed by atoms with Crippen molar-refractivity contribution in [1.29, 1.82) is 0 Å². The molecule has 5 nitrogen and oxygen atoms in total. The molecule has 1 aromatic heterocycles. The Kier molecular flexibility index (Phi) is 5.16. The van der Waals surface area contributed by atoms with Crippen LogP contribution in [-0.2, 0) is 11.2 Å². The first-order valence-electron chi connectivity index (χ1n) is 7.78. The molecule has 0 unspecified atom stereocenters. The molecule has 1 aliphatic heterocycles. The predicted octanol–water partition coefficient (Wildman–Crippen LogP) is 2.63. The second-order valence-corrected chi connectivity index (χ2v) is 7.18. The number of hydrogen-bond donors (Lipinski definition) is 0. The van der Waals surface area contributed by atoms with E-state index in [0.29, 0.717) is 43.3 Å². The van der Waals surface area contributed by atoms with Crippen LogP contribution in [-0.4, -0.2) is 52.2 Å². The monoisotopic (exact) mass is 363 g/mol. The van der Waals surface area contributed by atoms with Gasteiger partial charge in [-0.3, -0.25) is 9.59 Å². The van der Waals surface area contributed by atoms with Crippen molar-refractivity contribution in [3.8, 4) is 0 Å². The second-order valence-electron chi connectivity index (χ2n) is 5.76. The largest absolute Gasteiger partial charge is 0.339 e. The average Bonchev–Trinajstić information content (AvgIpc) is 3.03. The summed E-state index contributed by atoms with van der Waals surface area (Å²) in [6.45, 7) is 4.07. The van der Waals surface area contributed by atoms with Crippen LogP contribution in [0, 0.1) is 6.92 Å². The molecule has 2 heterocycles. The van der Waals surface area contributed by atoms with Crippen molar-refractivity contribution in [2.75, 3.05) is 26.2 Å². The van der Waals surface area contributed by atoms with Gasteiger partial charge in [0.1, 0.15) is 5.69 Å². The van der Waals surface area contributed by atoms with E-state index >= 15 is 0 Å². The lowest BCUT2D eigenvalue weighted by Gasteiger charge is -2.34. The van der Waals surface area contributed by atoms with Gasteiger partial charge in [0.2, 0.25) is 5.91 Å². The highest BCUT2D eigenvalue weighted by atomic mass is 35.5. The van der Waals surface area contributed by atoms with Gasteiger partial charge in [-0.25, -0.2) is 0 Å². The molecular formula is C17H18ClN3O2S. The zero-order chi connectivity index (χ0) is 17.1. The zero-order valence-corrected chi connectivity index (χ0v) is 14.9. The molecule has 2 amide bonds. The van der Waals surface area contributed by atoms with E-state index in [1.165, 1.54) is 11.5 Å². The summed E-state index contributed by atoms with van der Waals surface area (Å²) in [4.78, 5) is 29.4. The Morgan fingerprint density at radius 2 is 1.83 bits per heavy atom. The van der Waals surface area contributed by atoms with Gasteiger partial charge in [-0.1, -0.05) is 29.8 Å². The van der Waals surface area contributed by atoms with E-state index < -0.39 is 0 Å². The van der Waals surface area contributed by atoms with Crippen molar-refractivity contribution < 1.29 is 9.59 Å². The number of carbonyl (C=O) groups excluding carboxylic acids is 2. The third-order valence-electron chi connectivity index (χ3n) is 4.07. The molecule has 2 aromatic rings. The molecule has 0 aliphatic carbocycles. The van der Waals surface area contributed by atoms with Gasteiger partial charge in [0.25, 0.3) is 5.91 Å². The molecule has 0 N–H and O–H groups in total. The topological polar surface area (TPSA) is 53.5 Å². The first-order chi connectivity index (χ1) is 11.5. The van der Waals surface area contributed by atoms with E-state index in [4.69, 9.17) is 11.6 Å². The summed E-state index contributed by atoms with van der Waals surface area (Å²) in [5.74, 6) is -0.0164. The summed E-state index contributed by atoms with van der Waals surface area (Å²) in [6.07, 6.45) is 0.291. The van der Waals surface area contributed by atoms with Gasteiger partial charge < -0.3 is 9.80 Å². The quantitative estimate of drug-likeness (QED) is 0.842. The highest BCUT2D eigenvalue weighted by Crippen LogP contribution is 2.17. The number of hydrogen-bond acceptors (Lipinski definition) is 4. The Bertz CT molecular complexity index is 754. The molecule has 0 bridgehead atoms. The maximum Gasteiger partial charge on any atom is 0.273 e. The van der Waals surface area contributed by atoms with Crippen LogP contribution >= 0.6 is 23.1 Å². The first kappa shape index (κ1) is 16.9. The fraction of sp³-hybridized carbons (Fsp3) is 0.353. The van der Waals surface area contributed by atoms with Crippen LogP contribution in [0.3, 0.4) is 0 Å². The van der Waals surface area contributed by atoms with Crippen molar-refractivity contribution in [2.24, 2.45) is 0 Å². The highest BCUT2D eigenvalue weighted by molar-refractivity contribution is 7.05. The first-order valence-corrected chi connectivity index (χ1v) is 8.93. The zero-order valence-electron chi connectivity index (χ0n) is 13.4. The number of aryl methyl sites for hydroxylation is 1. The van der Waals surface area contributed by atoms with Crippen molar-refractivity contribution in [3.05, 3.63) is 51.5 Å². The minimum absolute atomic E-state index is 0.0414. The third-order valence-corrected chi connectivity index (χ3v) is 5.13. The number of benzene rings is 1. The van der Waals surface area contributed by atoms with Crippen molar-refractivity contribution in [1.82, 2.24) is 14.2 Å². The molecule has 0 spiro atoms. The Hall–Kier alpha value is -1.92. The summed E-state index contributed by atoms with van der Waals surface area (Å²) in [5, 5.41) is 0.610. The van der Waals surface area contributed by atoms with Crippen molar-refractivity contribution in [3.63, 3.8) is 0 Å². The lowest BCUT2D eigenvalue weighted by Crippen LogP contribution is -2.51. The molecule has 1 saturated heterocycles. The summed E-state index contributed by atoms with van der Waals surface area (Å²) in [5.41, 5.74) is 1.33. The standard InChI is InChI=1S/C17H18ClN3O2S/c1-12-10-15(19-24-12)17(23)21-8-6-20(7-9-21)16(22)11-13-4-2-3-5-14(13)18/h2-5,10H,6-9,11H2,1H3. The maximum absolute atomic E-state index is 12.4. The van der Waals surface area contributed by atoms with Gasteiger partial charge in [0.15, 0.2) is 0 Å². The molecule has 0 saturated carbocycles. The number of piperazine rings is 1. The van der Waals surface area contributed by atoms with E-state index in [2.05, 4.69) is 4.37 Å². The lowest BCUT2D eigenvalue weighted by molar-refractivity contribution is -0.131. The summed E-state index contributed by atoms with van der Waals surface area (Å²) in [7, 11) is 0. The number of amides is 2. The van der Waals surface area contributed by atoms with Gasteiger partial charge in [-0.05, 0) is 36.2 Å². The highest BCUT2D eigenvalue weighted by Gasteiger charge is 2.26. The third kappa shape index (κ3) is 3.76. The van der Waals surface area contributed by atoms with Crippen LogP contribution in [0.5, 0.6) is 0 Å². The fourth-order valence-electron chi connectivity index (χ4n) is 2.70. The number of carbonyl (C=O) groups is 2. The Labute approximate surface area is 150 Å². The van der Waals surface area contributed by atoms with Gasteiger partial charge in [0.05, 0.1) is 6.42 Å². The van der Waals surface area contributed by atoms with E-state index in [9.17, 15) is 9.59 Å². The predicted molar refractivity (Wildman–Crippen MR) is 94.5 cm³/mol. The SMILES string of the molecule is Cc1cc(C(=O)N2CCN(C(=O)Cc3ccccc3Cl)CC2)ns1. The Balaban J connectivity index is 1.56. The molecule has 126 valence electrons. The van der Waals surface area contributed by atoms with E-state index in [0.717, 1.165) is 10.4 Å². The van der Waals surface area contributed by atoms with E-state index in [1.807, 2.05) is 31.2 Å². The number of aromatic nitrogens is 1. The van der Waals surface area contributed by atoms with Gasteiger partial charge in [0, 0.05) is 36.1 Å². The van der Waals surface area contributed by atoms with E-state index in [-0.39, 0.29) is 11.8 Å². The van der Waals surface area contributed by atoms with Crippen LogP contribution in [0.2, 0.25) is 5.02 Å². The van der Waals surface area contributed by atoms with Gasteiger partial charge in [-0.2, -0.15) is 4.37 Å². The Morgan fingerprint density at radius 3 is 2.46 bits per heavy atom. The smallest absolute Gasteiger partial charge is 0.273 e. The normalized spacial score (nSPS) is 14.8. The summed E-state index contributed by atoms with van der Waals surface area (Å²) < 4.78 is 4.17. The number of nitrogens with zero attached hydrogens (tertiary/aromatic N) is 3. The molecule has 0 radical (unpaired) electrons. The second kappa shape index (κ2) is 7.32. The molecule has 1 fully saturated rings. The minimum Gasteiger partial charge on any atom is -0.339 e. The lowest BCUT2D eigenvalue weighted by atomic mass is 10.1. The van der Waals surface area contributed by atoms with Crippen molar-refractivity contribution >= 4 is 34.9 Å². The van der Waals surface area contributed by atoms with Gasteiger partial charge in [-0.15, -0.1) is 0 Å². The molecule has 7 heteroatoms. The molecule has 24 heavy (non-hydrogen) atoms. The van der Waals surface area contributed by atoms with Crippen LogP contribution < -0.4 is 0 Å². The fourth-order valence-corrected chi connectivity index (χ4v) is 3.44. The van der Waals surface area contributed by atoms with Crippen LogP contribution in [0.1, 0.15) is 20.9 Å². The number of halogens is 1. The van der Waals surface area contributed by atoms with Crippen LogP contribution in [0.15, 0.2) is 30.3 Å². The molecule has 1 aliphatic rings. The van der Waals surface area contributed by atoms with E-state index in [1.54, 1.807) is 15.9 Å². The van der Waals surface area contributed by atoms with Crippen LogP contribution in [0.25, 0.3) is 0 Å². The summed E-state index contributed by atoms with van der Waals surface area (Å²) >= 11 is 7.44. The maximum atomic E-state index is 12.4. The van der Waals surface area contributed by atoms with Gasteiger partial charge >= 0.3 is 0 Å². The van der Waals surface area contributed by atoms with Crippen molar-refractivity contribution in [2.45, 2.75) is 13.3 Å². The molecule has 3 rings (SSSR count). The minimum atomic E-state index is -0.0578. The number of rotatable bonds is 3. The molecular weight excluding hydrogens is 346 g/mol. The molecule has 0 atom stereocenters. The summed E-state index contributed by atoms with van der Waals surface area (Å²) in [6, 6.07) is 9.19. The molecule has 1 aromatic carbocycles. The average molecular weight is 364 g/mol. The van der Waals surface area contributed by atoms with Crippen LogP contribution in [0.4, 0.5) is 0 Å². The Morgan fingerprint density at radius 1 is 1.17 bits per heavy atom.